The topological polar surface area (TPSA) is 69.5 Å². The largest absolute Gasteiger partial charge is 0.333 e. The van der Waals surface area contributed by atoms with Crippen LogP contribution in [0.15, 0.2) is 48.5 Å². The fraction of sp³-hybridized carbons (Fsp3) is 0.391. The van der Waals surface area contributed by atoms with Crippen LogP contribution in [0.1, 0.15) is 50.4 Å². The zero-order chi connectivity index (χ0) is 20.7. The molecule has 0 fully saturated rings. The van der Waals surface area contributed by atoms with Crippen molar-refractivity contribution in [2.75, 3.05) is 6.54 Å². The van der Waals surface area contributed by atoms with Gasteiger partial charge in [-0.1, -0.05) is 57.2 Å². The van der Waals surface area contributed by atoms with Crippen LogP contribution in [0.5, 0.6) is 0 Å². The van der Waals surface area contributed by atoms with E-state index < -0.39 is 5.54 Å². The molecule has 0 aromatic heterocycles. The summed E-state index contributed by atoms with van der Waals surface area (Å²) in [6, 6.07) is 16.6. The molecule has 4 nitrogen and oxygen atoms in total. The van der Waals surface area contributed by atoms with E-state index in [1.807, 2.05) is 37.4 Å². The molecule has 0 aliphatic rings. The summed E-state index contributed by atoms with van der Waals surface area (Å²) < 4.78 is 13.8. The first-order chi connectivity index (χ1) is 13.3. The molecule has 5 heteroatoms. The quantitative estimate of drug-likeness (QED) is 0.737. The van der Waals surface area contributed by atoms with Crippen molar-refractivity contribution >= 4 is 5.91 Å². The number of halogens is 1. The normalized spacial score (nSPS) is 14.2. The standard InChI is InChI=1S/C23H28FN3O/c1-5-17-9-11-18(12-10-17)22(19-7-6-8-20(24)13-19)26-14-21(28)27-23(4,15-25)16(2)3/h6-13,16,22,26H,5,14H2,1-4H3,(H,27,28)/p+1/t22-,23-/m1/s1. The molecule has 0 bridgehead atoms. The molecule has 2 atom stereocenters. The van der Waals surface area contributed by atoms with Gasteiger partial charge in [0.25, 0.3) is 5.91 Å². The molecule has 0 aliphatic heterocycles. The smallest absolute Gasteiger partial charge is 0.276 e. The Balaban J connectivity index is 2.20. The van der Waals surface area contributed by atoms with Crippen molar-refractivity contribution in [2.45, 2.75) is 45.7 Å². The molecule has 2 rings (SSSR count). The minimum absolute atomic E-state index is 0.0120. The third-order valence-corrected chi connectivity index (χ3v) is 5.28. The lowest BCUT2D eigenvalue weighted by Gasteiger charge is -2.27. The fourth-order valence-corrected chi connectivity index (χ4v) is 2.99. The zero-order valence-corrected chi connectivity index (χ0v) is 17.0. The number of nitrogens with zero attached hydrogens (tertiary/aromatic N) is 1. The van der Waals surface area contributed by atoms with E-state index in [2.05, 4.69) is 30.4 Å². The number of aryl methyl sites for hydroxylation is 1. The highest BCUT2D eigenvalue weighted by atomic mass is 19.1. The Morgan fingerprint density at radius 1 is 1.21 bits per heavy atom. The van der Waals surface area contributed by atoms with Crippen LogP contribution in [0.25, 0.3) is 0 Å². The van der Waals surface area contributed by atoms with Gasteiger partial charge in [-0.3, -0.25) is 4.79 Å². The maximum atomic E-state index is 13.8. The molecule has 0 heterocycles. The Bertz CT molecular complexity index is 842. The second-order valence-corrected chi connectivity index (χ2v) is 7.58. The van der Waals surface area contributed by atoms with E-state index in [9.17, 15) is 14.4 Å². The van der Waals surface area contributed by atoms with Crippen LogP contribution in [0, 0.1) is 23.1 Å². The third-order valence-electron chi connectivity index (χ3n) is 5.28. The van der Waals surface area contributed by atoms with Gasteiger partial charge in [-0.05, 0) is 37.0 Å². The number of carbonyl (C=O) groups excluding carboxylic acids is 1. The van der Waals surface area contributed by atoms with Crippen LogP contribution in [0.4, 0.5) is 4.39 Å². The summed E-state index contributed by atoms with van der Waals surface area (Å²) in [5.41, 5.74) is 2.11. The van der Waals surface area contributed by atoms with E-state index in [-0.39, 0.29) is 30.2 Å². The lowest BCUT2D eigenvalue weighted by molar-refractivity contribution is -0.676. The first kappa shape index (κ1) is 21.6. The second-order valence-electron chi connectivity index (χ2n) is 7.58. The molecule has 0 saturated heterocycles. The van der Waals surface area contributed by atoms with Crippen LogP contribution in [0.3, 0.4) is 0 Å². The first-order valence-corrected chi connectivity index (χ1v) is 9.69. The predicted molar refractivity (Wildman–Crippen MR) is 108 cm³/mol. The number of hydrogen-bond acceptors (Lipinski definition) is 2. The maximum absolute atomic E-state index is 13.8. The molecule has 0 unspecified atom stereocenters. The van der Waals surface area contributed by atoms with Gasteiger partial charge in [0.1, 0.15) is 17.4 Å². The molecule has 28 heavy (non-hydrogen) atoms. The van der Waals surface area contributed by atoms with Crippen molar-refractivity contribution in [2.24, 2.45) is 5.92 Å². The van der Waals surface area contributed by atoms with Crippen LogP contribution in [0.2, 0.25) is 0 Å². The van der Waals surface area contributed by atoms with Crippen LogP contribution < -0.4 is 10.6 Å². The summed E-state index contributed by atoms with van der Waals surface area (Å²) in [5, 5.41) is 14.1. The average Bonchev–Trinajstić information content (AvgIpc) is 2.68. The van der Waals surface area contributed by atoms with E-state index in [1.165, 1.54) is 17.7 Å². The summed E-state index contributed by atoms with van der Waals surface area (Å²) in [5.74, 6) is -0.534. The Hall–Kier alpha value is -2.71. The monoisotopic (exact) mass is 382 g/mol. The number of benzene rings is 2. The fourth-order valence-electron chi connectivity index (χ4n) is 2.99. The van der Waals surface area contributed by atoms with Gasteiger partial charge in [0, 0.05) is 11.1 Å². The molecule has 3 N–H and O–H groups in total. The number of carbonyl (C=O) groups is 1. The summed E-state index contributed by atoms with van der Waals surface area (Å²) >= 11 is 0. The van der Waals surface area contributed by atoms with E-state index in [1.54, 1.807) is 13.0 Å². The number of rotatable bonds is 8. The molecular formula is C23H29FN3O+. The zero-order valence-electron chi connectivity index (χ0n) is 17.0. The minimum Gasteiger partial charge on any atom is -0.333 e. The summed E-state index contributed by atoms with van der Waals surface area (Å²) in [7, 11) is 0. The highest BCUT2D eigenvalue weighted by Gasteiger charge is 2.31. The number of nitrogens with two attached hydrogens (primary N) is 1. The third kappa shape index (κ3) is 5.40. The Morgan fingerprint density at radius 3 is 2.43 bits per heavy atom. The van der Waals surface area contributed by atoms with Gasteiger partial charge in [-0.25, -0.2) is 4.39 Å². The SMILES string of the molecule is CCc1ccc([C@@H]([NH2+]CC(=O)N[C@](C)(C#N)C(C)C)c2cccc(F)c2)cc1. The number of nitrogens with one attached hydrogen (secondary N) is 1. The molecule has 0 spiro atoms. The lowest BCUT2D eigenvalue weighted by Crippen LogP contribution is -2.88. The predicted octanol–water partition coefficient (Wildman–Crippen LogP) is 3.10. The van der Waals surface area contributed by atoms with Crippen LogP contribution in [-0.4, -0.2) is 18.0 Å². The molecular weight excluding hydrogens is 353 g/mol. The second kappa shape index (κ2) is 9.48. The van der Waals surface area contributed by atoms with Gasteiger partial charge in [0.15, 0.2) is 6.54 Å². The minimum atomic E-state index is -0.915. The molecule has 2 aromatic rings. The van der Waals surface area contributed by atoms with E-state index in [0.717, 1.165) is 17.5 Å². The molecule has 1 amide bonds. The van der Waals surface area contributed by atoms with E-state index >= 15 is 0 Å². The van der Waals surface area contributed by atoms with Crippen molar-refractivity contribution < 1.29 is 14.5 Å². The Labute approximate surface area is 166 Å². The number of quaternary nitrogens is 1. The molecule has 2 aromatic carbocycles. The van der Waals surface area contributed by atoms with Gasteiger partial charge in [-0.15, -0.1) is 0 Å². The summed E-state index contributed by atoms with van der Waals surface area (Å²) in [6.07, 6.45) is 0.943. The van der Waals surface area contributed by atoms with Crippen molar-refractivity contribution in [1.29, 1.82) is 5.26 Å². The first-order valence-electron chi connectivity index (χ1n) is 9.69. The Kier molecular flexibility index (Phi) is 7.31. The molecule has 0 saturated carbocycles. The number of amides is 1. The van der Waals surface area contributed by atoms with Crippen molar-refractivity contribution in [3.8, 4) is 6.07 Å². The van der Waals surface area contributed by atoms with Gasteiger partial charge in [0.2, 0.25) is 0 Å². The maximum Gasteiger partial charge on any atom is 0.276 e. The lowest BCUT2D eigenvalue weighted by atomic mass is 9.90. The van der Waals surface area contributed by atoms with Crippen molar-refractivity contribution in [3.63, 3.8) is 0 Å². The van der Waals surface area contributed by atoms with Crippen molar-refractivity contribution in [1.82, 2.24) is 5.32 Å². The van der Waals surface area contributed by atoms with Gasteiger partial charge >= 0.3 is 0 Å². The van der Waals surface area contributed by atoms with Crippen molar-refractivity contribution in [3.05, 3.63) is 71.0 Å². The highest BCUT2D eigenvalue weighted by molar-refractivity contribution is 5.78. The van der Waals surface area contributed by atoms with Gasteiger partial charge in [-0.2, -0.15) is 5.26 Å². The van der Waals surface area contributed by atoms with Crippen LogP contribution >= 0.6 is 0 Å². The van der Waals surface area contributed by atoms with E-state index in [0.29, 0.717) is 0 Å². The Morgan fingerprint density at radius 2 is 1.89 bits per heavy atom. The number of nitriles is 1. The summed E-state index contributed by atoms with van der Waals surface area (Å²) in [4.78, 5) is 12.5. The van der Waals surface area contributed by atoms with Crippen LogP contribution in [-0.2, 0) is 11.2 Å². The highest BCUT2D eigenvalue weighted by Crippen LogP contribution is 2.20. The van der Waals surface area contributed by atoms with Gasteiger partial charge < -0.3 is 10.6 Å². The number of hydrogen-bond donors (Lipinski definition) is 2. The molecule has 0 radical (unpaired) electrons. The van der Waals surface area contributed by atoms with E-state index in [4.69, 9.17) is 0 Å². The molecule has 0 aliphatic carbocycles. The molecule has 148 valence electrons. The average molecular weight is 383 g/mol. The van der Waals surface area contributed by atoms with Gasteiger partial charge in [0.05, 0.1) is 6.07 Å². The summed E-state index contributed by atoms with van der Waals surface area (Å²) in [6.45, 7) is 7.76.